The highest BCUT2D eigenvalue weighted by Gasteiger charge is 2.27. The summed E-state index contributed by atoms with van der Waals surface area (Å²) in [5.74, 6) is 2.54. The van der Waals surface area contributed by atoms with Gasteiger partial charge in [-0.25, -0.2) is 41.0 Å². The van der Waals surface area contributed by atoms with E-state index in [4.69, 9.17) is 0 Å². The molecule has 2 saturated heterocycles. The molecule has 2 aliphatic rings. The van der Waals surface area contributed by atoms with Gasteiger partial charge in [-0.3, -0.25) is 14.2 Å². The Balaban J connectivity index is 0.000000204. The van der Waals surface area contributed by atoms with Crippen molar-refractivity contribution in [3.8, 4) is 0 Å². The summed E-state index contributed by atoms with van der Waals surface area (Å²) in [7, 11) is -6.96. The average molecular weight is 1010 g/mol. The number of methoxy groups -OCH3 is 1. The lowest BCUT2D eigenvalue weighted by atomic mass is 9.92. The predicted molar refractivity (Wildman–Crippen MR) is 241 cm³/mol. The molecule has 0 aliphatic carbocycles. The summed E-state index contributed by atoms with van der Waals surface area (Å²) in [4.78, 5) is 43.8. The fourth-order valence-corrected chi connectivity index (χ4v) is 12.0. The van der Waals surface area contributed by atoms with Gasteiger partial charge in [0.05, 0.1) is 47.3 Å². The number of benzene rings is 2. The number of anilines is 4. The van der Waals surface area contributed by atoms with Gasteiger partial charge in [0.2, 0.25) is 0 Å². The Kier molecular flexibility index (Phi) is 14.1. The number of rotatable bonds is 9. The number of sulfonamides is 2. The summed E-state index contributed by atoms with van der Waals surface area (Å²) in [6.45, 7) is 14.2. The second kappa shape index (κ2) is 18.8. The Morgan fingerprint density at radius 1 is 0.770 bits per heavy atom. The van der Waals surface area contributed by atoms with Crippen LogP contribution in [0.4, 0.5) is 27.4 Å². The summed E-state index contributed by atoms with van der Waals surface area (Å²) in [6, 6.07) is 11.6. The van der Waals surface area contributed by atoms with Gasteiger partial charge in [-0.1, -0.05) is 27.7 Å². The Hall–Kier alpha value is -4.66. The maximum atomic E-state index is 14.0. The zero-order valence-electron chi connectivity index (χ0n) is 34.4. The largest absolute Gasteiger partial charge is 0.465 e. The van der Waals surface area contributed by atoms with Crippen LogP contribution < -0.4 is 24.8 Å². The van der Waals surface area contributed by atoms with E-state index in [1.54, 1.807) is 25.1 Å². The predicted octanol–water partition coefficient (Wildman–Crippen LogP) is 7.73. The van der Waals surface area contributed by atoms with Crippen molar-refractivity contribution in [2.45, 2.75) is 57.3 Å². The lowest BCUT2D eigenvalue weighted by Gasteiger charge is -2.35. The maximum Gasteiger partial charge on any atom is 0.340 e. The Labute approximate surface area is 371 Å². The van der Waals surface area contributed by atoms with Crippen LogP contribution in [-0.4, -0.2) is 76.0 Å². The molecule has 3 aromatic heterocycles. The number of fused-ring (bicyclic) bond motifs is 1. The van der Waals surface area contributed by atoms with Crippen LogP contribution >= 0.6 is 31.9 Å². The Morgan fingerprint density at radius 2 is 1.23 bits per heavy atom. The molecular weight excluding hydrogens is 959 g/mol. The second-order valence-electron chi connectivity index (χ2n) is 15.9. The van der Waals surface area contributed by atoms with Crippen LogP contribution in [0.1, 0.15) is 56.7 Å². The van der Waals surface area contributed by atoms with E-state index < -0.39 is 37.4 Å². The van der Waals surface area contributed by atoms with Gasteiger partial charge in [0.15, 0.2) is 0 Å². The van der Waals surface area contributed by atoms with Gasteiger partial charge >= 0.3 is 5.97 Å². The number of aromatic amines is 1. The molecule has 0 amide bonds. The third-order valence-electron chi connectivity index (χ3n) is 10.3. The van der Waals surface area contributed by atoms with Gasteiger partial charge in [0.25, 0.3) is 25.6 Å². The molecule has 3 N–H and O–H groups in total. The molecule has 0 spiro atoms. The number of H-pyrrole nitrogens is 1. The summed E-state index contributed by atoms with van der Waals surface area (Å²) in [6.07, 6.45) is 5.33. The van der Waals surface area contributed by atoms with Crippen molar-refractivity contribution < 1.29 is 30.8 Å². The van der Waals surface area contributed by atoms with Gasteiger partial charge in [-0.2, -0.15) is 0 Å². The Morgan fingerprint density at radius 3 is 1.67 bits per heavy atom. The highest BCUT2D eigenvalue weighted by molar-refractivity contribution is 9.10. The SMILES string of the molecule is COC(=O)c1cc(S(=O)(=O)Nc2ccc(N3C[C@H](C)C[C@@H](C)C3)nc2)c(Br)cc1F.Cc1nc2cc(Br)c(S(=O)(=O)Nc3ccc(N4C[C@H](C)C[C@@H](C)C4)nc3)cc2c(=O)[nH]1. The van der Waals surface area contributed by atoms with E-state index in [-0.39, 0.29) is 30.9 Å². The molecule has 326 valence electrons. The summed E-state index contributed by atoms with van der Waals surface area (Å²) >= 11 is 6.34. The standard InChI is InChI=1S/C21H24BrN5O3S.C20H23BrFN3O4S/c1-12-6-13(2)11-27(10-12)20-5-4-15(9-23-20)26-31(29,30)19-7-16-18(8-17(19)22)24-14(3)25-21(16)28;1-12-6-13(2)11-25(10-12)19-5-4-14(9-23-19)24-30(27,28)18-7-15(20(26)29-3)17(22)8-16(18)21/h4-5,7-9,12-13,26H,6,10-11H2,1-3H3,(H,24,25,28);4-5,7-9,12-13,24H,6,10-11H2,1-3H3/t2*12-,13-/m11/s1. The molecule has 61 heavy (non-hydrogen) atoms. The van der Waals surface area contributed by atoms with Crippen LogP contribution in [0.2, 0.25) is 0 Å². The van der Waals surface area contributed by atoms with E-state index in [9.17, 15) is 30.8 Å². The lowest BCUT2D eigenvalue weighted by Crippen LogP contribution is -2.39. The van der Waals surface area contributed by atoms with Crippen molar-refractivity contribution in [2.75, 3.05) is 52.5 Å². The number of esters is 1. The van der Waals surface area contributed by atoms with Crippen LogP contribution in [0.15, 0.2) is 84.5 Å². The number of nitrogens with zero attached hydrogens (tertiary/aromatic N) is 5. The first kappa shape index (κ1) is 45.9. The molecule has 5 heterocycles. The summed E-state index contributed by atoms with van der Waals surface area (Å²) in [5, 5.41) is 0.205. The molecule has 2 aromatic carbocycles. The zero-order chi connectivity index (χ0) is 44.4. The number of nitrogens with one attached hydrogen (secondary N) is 3. The molecule has 2 aliphatic heterocycles. The minimum atomic E-state index is -4.11. The van der Waals surface area contributed by atoms with Crippen LogP contribution in [0.5, 0.6) is 0 Å². The monoisotopic (exact) mass is 1000 g/mol. The van der Waals surface area contributed by atoms with E-state index in [2.05, 4.69) is 103 Å². The first-order valence-electron chi connectivity index (χ1n) is 19.5. The minimum absolute atomic E-state index is 0.0129. The number of carbonyl (C=O) groups is 1. The molecule has 4 atom stereocenters. The number of pyridine rings is 2. The summed E-state index contributed by atoms with van der Waals surface area (Å²) < 4.78 is 75.4. The van der Waals surface area contributed by atoms with E-state index in [1.807, 2.05) is 6.07 Å². The molecule has 0 bridgehead atoms. The van der Waals surface area contributed by atoms with E-state index in [1.165, 1.54) is 37.4 Å². The molecule has 0 radical (unpaired) electrons. The topological polar surface area (TPSA) is 197 Å². The average Bonchev–Trinajstić information content (AvgIpc) is 3.17. The van der Waals surface area contributed by atoms with Gasteiger partial charge in [0, 0.05) is 35.1 Å². The van der Waals surface area contributed by atoms with Gasteiger partial charge in [-0.05, 0) is 124 Å². The molecular formula is C41H47Br2FN8O7S2. The van der Waals surface area contributed by atoms with Crippen molar-refractivity contribution >= 4 is 91.8 Å². The van der Waals surface area contributed by atoms with Gasteiger partial charge in [0.1, 0.15) is 33.1 Å². The van der Waals surface area contributed by atoms with Crippen molar-refractivity contribution in [1.29, 1.82) is 0 Å². The van der Waals surface area contributed by atoms with Gasteiger partial charge < -0.3 is 19.5 Å². The Bertz CT molecular complexity index is 2690. The lowest BCUT2D eigenvalue weighted by molar-refractivity contribution is 0.0595. The first-order valence-corrected chi connectivity index (χ1v) is 24.0. The minimum Gasteiger partial charge on any atom is -0.465 e. The number of ether oxygens (including phenoxy) is 1. The zero-order valence-corrected chi connectivity index (χ0v) is 39.2. The maximum absolute atomic E-state index is 14.0. The second-order valence-corrected chi connectivity index (χ2v) is 20.9. The van der Waals surface area contributed by atoms with Crippen molar-refractivity contribution in [3.05, 3.63) is 97.4 Å². The van der Waals surface area contributed by atoms with Crippen molar-refractivity contribution in [3.63, 3.8) is 0 Å². The molecule has 7 rings (SSSR count). The molecule has 0 saturated carbocycles. The number of hydrogen-bond donors (Lipinski definition) is 3. The fourth-order valence-electron chi connectivity index (χ4n) is 7.85. The normalized spacial score (nSPS) is 19.5. The van der Waals surface area contributed by atoms with Gasteiger partial charge in [-0.15, -0.1) is 0 Å². The molecule has 2 fully saturated rings. The fraction of sp³-hybridized carbons (Fsp3) is 0.390. The van der Waals surface area contributed by atoms with Crippen LogP contribution in [-0.2, 0) is 24.8 Å². The molecule has 15 nitrogen and oxygen atoms in total. The number of aromatic nitrogens is 4. The number of piperidine rings is 2. The highest BCUT2D eigenvalue weighted by atomic mass is 79.9. The number of carbonyl (C=O) groups excluding carboxylic acids is 1. The quantitative estimate of drug-likeness (QED) is 0.122. The summed E-state index contributed by atoms with van der Waals surface area (Å²) in [5.41, 5.74) is 0.172. The van der Waals surface area contributed by atoms with E-state index in [0.717, 1.165) is 57.1 Å². The van der Waals surface area contributed by atoms with Crippen LogP contribution in [0.3, 0.4) is 0 Å². The third kappa shape index (κ3) is 11.1. The molecule has 5 aromatic rings. The third-order valence-corrected chi connectivity index (χ3v) is 14.9. The molecule has 0 unspecified atom stereocenters. The van der Waals surface area contributed by atoms with E-state index >= 15 is 0 Å². The number of hydrogen-bond acceptors (Lipinski definition) is 12. The van der Waals surface area contributed by atoms with Crippen molar-refractivity contribution in [1.82, 2.24) is 19.9 Å². The number of halogens is 3. The molecule has 20 heteroatoms. The van der Waals surface area contributed by atoms with Crippen LogP contribution in [0.25, 0.3) is 10.9 Å². The highest BCUT2D eigenvalue weighted by Crippen LogP contribution is 2.31. The number of aryl methyl sites for hydroxylation is 1. The first-order chi connectivity index (χ1) is 28.7. The van der Waals surface area contributed by atoms with E-state index in [0.29, 0.717) is 45.2 Å². The van der Waals surface area contributed by atoms with Crippen molar-refractivity contribution in [2.24, 2.45) is 23.7 Å². The van der Waals surface area contributed by atoms with Crippen LogP contribution in [0, 0.1) is 36.4 Å². The smallest absolute Gasteiger partial charge is 0.340 e.